The first kappa shape index (κ1) is 25.0. The topological polar surface area (TPSA) is 87.6 Å². The van der Waals surface area contributed by atoms with Crippen LogP contribution in [0.3, 0.4) is 0 Å². The van der Waals surface area contributed by atoms with E-state index < -0.39 is 5.60 Å². The van der Waals surface area contributed by atoms with E-state index in [1.807, 2.05) is 32.0 Å². The van der Waals surface area contributed by atoms with E-state index in [9.17, 15) is 5.11 Å². The fourth-order valence-electron chi connectivity index (χ4n) is 3.39. The lowest BCUT2D eigenvalue weighted by molar-refractivity contribution is -0.0201. The van der Waals surface area contributed by atoms with Gasteiger partial charge in [-0.05, 0) is 31.5 Å². The van der Waals surface area contributed by atoms with Crippen molar-refractivity contribution in [3.05, 3.63) is 23.8 Å². The van der Waals surface area contributed by atoms with E-state index in [1.54, 1.807) is 0 Å². The number of halogens is 1. The number of nitrogens with zero attached hydrogens (tertiary/aromatic N) is 2. The molecule has 0 aliphatic carbocycles. The lowest BCUT2D eigenvalue weighted by Crippen LogP contribution is -2.52. The summed E-state index contributed by atoms with van der Waals surface area (Å²) in [6.07, 6.45) is 0.890. The maximum atomic E-state index is 10.8. The lowest BCUT2D eigenvalue weighted by atomic mass is 10.1. The van der Waals surface area contributed by atoms with Crippen molar-refractivity contribution in [1.82, 2.24) is 15.5 Å². The summed E-state index contributed by atoms with van der Waals surface area (Å²) in [5.74, 6) is 2.25. The third-order valence-electron chi connectivity index (χ3n) is 4.88. The van der Waals surface area contributed by atoms with Crippen molar-refractivity contribution in [2.75, 3.05) is 59.2 Å². The smallest absolute Gasteiger partial charge is 0.191 e. The Labute approximate surface area is 196 Å². The average molecular weight is 534 g/mol. The van der Waals surface area contributed by atoms with Gasteiger partial charge in [0.15, 0.2) is 17.5 Å². The van der Waals surface area contributed by atoms with Gasteiger partial charge in [0, 0.05) is 39.1 Å². The van der Waals surface area contributed by atoms with Crippen LogP contribution < -0.4 is 20.1 Å². The maximum absolute atomic E-state index is 10.8. The summed E-state index contributed by atoms with van der Waals surface area (Å²) in [5.41, 5.74) is 0.189. The van der Waals surface area contributed by atoms with Gasteiger partial charge in [0.2, 0.25) is 0 Å². The zero-order chi connectivity index (χ0) is 20.5. The number of hydrogen-bond donors (Lipinski definition) is 3. The van der Waals surface area contributed by atoms with Gasteiger partial charge in [0.25, 0.3) is 0 Å². The zero-order valence-electron chi connectivity index (χ0n) is 18.0. The molecule has 0 aromatic heterocycles. The van der Waals surface area contributed by atoms with E-state index in [0.717, 1.165) is 56.3 Å². The summed E-state index contributed by atoms with van der Waals surface area (Å²) in [7, 11) is 0. The van der Waals surface area contributed by atoms with Gasteiger partial charge in [-0.2, -0.15) is 0 Å². The molecule has 9 heteroatoms. The lowest BCUT2D eigenvalue weighted by Gasteiger charge is -2.34. The van der Waals surface area contributed by atoms with Gasteiger partial charge in [-0.3, -0.25) is 4.90 Å². The molecule has 3 N–H and O–H groups in total. The fraction of sp³-hybridized carbons (Fsp3) is 0.667. The number of β-amino-alcohol motifs (C(OH)–C–C–N with tert-alkyl or cyclic N) is 1. The van der Waals surface area contributed by atoms with Gasteiger partial charge in [-0.15, -0.1) is 24.0 Å². The van der Waals surface area contributed by atoms with Crippen molar-refractivity contribution >= 4 is 29.9 Å². The Bertz CT molecular complexity index is 681. The van der Waals surface area contributed by atoms with E-state index in [2.05, 4.69) is 20.5 Å². The summed E-state index contributed by atoms with van der Waals surface area (Å²) in [5, 5.41) is 17.3. The van der Waals surface area contributed by atoms with E-state index in [-0.39, 0.29) is 24.0 Å². The molecule has 0 amide bonds. The number of guanidine groups is 1. The van der Waals surface area contributed by atoms with Crippen LogP contribution >= 0.6 is 24.0 Å². The third-order valence-corrected chi connectivity index (χ3v) is 4.88. The highest BCUT2D eigenvalue weighted by Gasteiger charge is 2.25. The standard InChI is InChI=1S/C21H34N4O4.HI/c1-3-22-20(24-15-21(2,26)16-25-7-11-27-12-8-25)23-14-17-5-6-18-19(13-17)29-10-4-9-28-18;/h5-6,13,26H,3-4,7-12,14-16H2,1-2H3,(H2,22,23,24);1H. The van der Waals surface area contributed by atoms with Crippen LogP contribution in [0.5, 0.6) is 11.5 Å². The molecule has 2 aliphatic rings. The minimum absolute atomic E-state index is 0. The summed E-state index contributed by atoms with van der Waals surface area (Å²) in [4.78, 5) is 6.89. The average Bonchev–Trinajstić information content (AvgIpc) is 2.95. The van der Waals surface area contributed by atoms with Crippen LogP contribution in [0, 0.1) is 0 Å². The molecule has 1 aromatic carbocycles. The van der Waals surface area contributed by atoms with Crippen LogP contribution in [0.4, 0.5) is 0 Å². The van der Waals surface area contributed by atoms with Crippen molar-refractivity contribution in [2.24, 2.45) is 4.99 Å². The molecule has 1 aromatic rings. The molecule has 1 fully saturated rings. The largest absolute Gasteiger partial charge is 0.490 e. The molecule has 170 valence electrons. The van der Waals surface area contributed by atoms with Gasteiger partial charge in [0.1, 0.15) is 0 Å². The molecular formula is C21H35IN4O4. The number of ether oxygens (including phenoxy) is 3. The molecule has 0 bridgehead atoms. The van der Waals surface area contributed by atoms with Crippen molar-refractivity contribution < 1.29 is 19.3 Å². The molecule has 2 heterocycles. The Morgan fingerprint density at radius 3 is 2.60 bits per heavy atom. The van der Waals surface area contributed by atoms with Crippen LogP contribution in [0.15, 0.2) is 23.2 Å². The molecule has 2 aliphatic heterocycles. The third kappa shape index (κ3) is 8.09. The zero-order valence-corrected chi connectivity index (χ0v) is 20.3. The van der Waals surface area contributed by atoms with E-state index in [0.29, 0.717) is 38.8 Å². The molecule has 8 nitrogen and oxygen atoms in total. The molecule has 1 atom stereocenters. The molecule has 0 radical (unpaired) electrons. The highest BCUT2D eigenvalue weighted by atomic mass is 127. The van der Waals surface area contributed by atoms with Gasteiger partial charge in [-0.1, -0.05) is 6.07 Å². The predicted octanol–water partition coefficient (Wildman–Crippen LogP) is 1.60. The Kier molecular flexibility index (Phi) is 10.4. The van der Waals surface area contributed by atoms with Gasteiger partial charge >= 0.3 is 0 Å². The Hall–Kier alpha value is -1.30. The second kappa shape index (κ2) is 12.5. The maximum Gasteiger partial charge on any atom is 0.191 e. The number of morpholine rings is 1. The SMILES string of the molecule is CCNC(=NCc1ccc2c(c1)OCCCO2)NCC(C)(O)CN1CCOCC1.I. The molecule has 30 heavy (non-hydrogen) atoms. The van der Waals surface area contributed by atoms with Gasteiger partial charge < -0.3 is 30.0 Å². The predicted molar refractivity (Wildman–Crippen MR) is 128 cm³/mol. The van der Waals surface area contributed by atoms with Crippen LogP contribution in [-0.2, 0) is 11.3 Å². The Morgan fingerprint density at radius 2 is 1.87 bits per heavy atom. The minimum Gasteiger partial charge on any atom is -0.490 e. The van der Waals surface area contributed by atoms with Crippen LogP contribution in [0.1, 0.15) is 25.8 Å². The monoisotopic (exact) mass is 534 g/mol. The first-order valence-electron chi connectivity index (χ1n) is 10.5. The van der Waals surface area contributed by atoms with Gasteiger partial charge in [0.05, 0.1) is 38.6 Å². The number of rotatable bonds is 7. The molecule has 1 saturated heterocycles. The summed E-state index contributed by atoms with van der Waals surface area (Å²) in [6, 6.07) is 5.94. The number of aliphatic imine (C=N–C) groups is 1. The highest BCUT2D eigenvalue weighted by Crippen LogP contribution is 2.30. The summed E-state index contributed by atoms with van der Waals surface area (Å²) < 4.78 is 16.8. The van der Waals surface area contributed by atoms with E-state index in [1.165, 1.54) is 0 Å². The normalized spacial score (nSPS) is 19.2. The van der Waals surface area contributed by atoms with Gasteiger partial charge in [-0.25, -0.2) is 4.99 Å². The Morgan fingerprint density at radius 1 is 1.13 bits per heavy atom. The van der Waals surface area contributed by atoms with Crippen LogP contribution in [0.2, 0.25) is 0 Å². The molecular weight excluding hydrogens is 499 g/mol. The minimum atomic E-state index is -0.858. The number of hydrogen-bond acceptors (Lipinski definition) is 6. The number of fused-ring (bicyclic) bond motifs is 1. The molecule has 3 rings (SSSR count). The first-order chi connectivity index (χ1) is 14.1. The number of benzene rings is 1. The second-order valence-corrected chi connectivity index (χ2v) is 7.77. The quantitative estimate of drug-likeness (QED) is 0.279. The second-order valence-electron chi connectivity index (χ2n) is 7.77. The van der Waals surface area contributed by atoms with Crippen LogP contribution in [-0.4, -0.2) is 80.7 Å². The fourth-order valence-corrected chi connectivity index (χ4v) is 3.39. The summed E-state index contributed by atoms with van der Waals surface area (Å²) in [6.45, 7) is 10.7. The molecule has 0 spiro atoms. The van der Waals surface area contributed by atoms with Crippen molar-refractivity contribution in [3.63, 3.8) is 0 Å². The molecule has 1 unspecified atom stereocenters. The molecule has 0 saturated carbocycles. The number of aliphatic hydroxyl groups is 1. The Balaban J connectivity index is 0.00000320. The van der Waals surface area contributed by atoms with Crippen molar-refractivity contribution in [3.8, 4) is 11.5 Å². The van der Waals surface area contributed by atoms with Crippen LogP contribution in [0.25, 0.3) is 0 Å². The summed E-state index contributed by atoms with van der Waals surface area (Å²) >= 11 is 0. The number of nitrogens with one attached hydrogen (secondary N) is 2. The first-order valence-corrected chi connectivity index (χ1v) is 10.5. The van der Waals surface area contributed by atoms with Crippen molar-refractivity contribution in [2.45, 2.75) is 32.4 Å². The van der Waals surface area contributed by atoms with E-state index in [4.69, 9.17) is 14.2 Å². The highest BCUT2D eigenvalue weighted by molar-refractivity contribution is 14.0. The van der Waals surface area contributed by atoms with Crippen molar-refractivity contribution in [1.29, 1.82) is 0 Å². The van der Waals surface area contributed by atoms with E-state index >= 15 is 0 Å².